The smallest absolute Gasteiger partial charge is 0.134 e. The molecule has 106 valence electrons. The van der Waals surface area contributed by atoms with Crippen LogP contribution in [0.25, 0.3) is 11.3 Å². The van der Waals surface area contributed by atoms with Crippen LogP contribution >= 0.6 is 0 Å². The van der Waals surface area contributed by atoms with Crippen LogP contribution in [0.2, 0.25) is 0 Å². The lowest BCUT2D eigenvalue weighted by atomic mass is 10.1. The van der Waals surface area contributed by atoms with Crippen molar-refractivity contribution in [2.75, 3.05) is 14.2 Å². The third kappa shape index (κ3) is 2.96. The zero-order valence-corrected chi connectivity index (χ0v) is 11.8. The van der Waals surface area contributed by atoms with Crippen LogP contribution in [0, 0.1) is 0 Å². The Bertz CT molecular complexity index is 565. The fraction of sp³-hybridized carbons (Fsp3) is 0.375. The average Bonchev–Trinajstić information content (AvgIpc) is 3.20. The summed E-state index contributed by atoms with van der Waals surface area (Å²) in [5, 5.41) is 3.44. The van der Waals surface area contributed by atoms with Gasteiger partial charge in [0.2, 0.25) is 0 Å². The van der Waals surface area contributed by atoms with E-state index in [2.05, 4.69) is 5.32 Å². The van der Waals surface area contributed by atoms with E-state index in [4.69, 9.17) is 13.9 Å². The number of hydrogen-bond acceptors (Lipinski definition) is 4. The summed E-state index contributed by atoms with van der Waals surface area (Å²) in [5.74, 6) is 3.30. The molecule has 1 fully saturated rings. The Balaban J connectivity index is 1.80. The SMILES string of the molecule is COc1cc(OC)cc(-c2ccc(CNC3CC3)o2)c1. The van der Waals surface area contributed by atoms with Gasteiger partial charge in [-0.25, -0.2) is 0 Å². The molecule has 0 unspecified atom stereocenters. The molecular weight excluding hydrogens is 254 g/mol. The molecule has 4 nitrogen and oxygen atoms in total. The van der Waals surface area contributed by atoms with Gasteiger partial charge in [-0.05, 0) is 37.1 Å². The normalized spacial score (nSPS) is 14.3. The first-order chi connectivity index (χ1) is 9.78. The van der Waals surface area contributed by atoms with E-state index >= 15 is 0 Å². The molecule has 0 saturated heterocycles. The monoisotopic (exact) mass is 273 g/mol. The summed E-state index contributed by atoms with van der Waals surface area (Å²) in [5.41, 5.74) is 0.957. The van der Waals surface area contributed by atoms with E-state index in [9.17, 15) is 0 Å². The fourth-order valence-electron chi connectivity index (χ4n) is 2.11. The molecule has 0 bridgehead atoms. The van der Waals surface area contributed by atoms with Crippen LogP contribution in [0.5, 0.6) is 11.5 Å². The van der Waals surface area contributed by atoms with Gasteiger partial charge >= 0.3 is 0 Å². The van der Waals surface area contributed by atoms with Crippen LogP contribution in [0.3, 0.4) is 0 Å². The summed E-state index contributed by atoms with van der Waals surface area (Å²) in [6.45, 7) is 0.784. The number of nitrogens with one attached hydrogen (secondary N) is 1. The quantitative estimate of drug-likeness (QED) is 0.877. The fourth-order valence-corrected chi connectivity index (χ4v) is 2.11. The Labute approximate surface area is 118 Å². The molecule has 3 rings (SSSR count). The van der Waals surface area contributed by atoms with Crippen molar-refractivity contribution < 1.29 is 13.9 Å². The highest BCUT2D eigenvalue weighted by Gasteiger charge is 2.20. The van der Waals surface area contributed by atoms with Crippen LogP contribution in [-0.4, -0.2) is 20.3 Å². The number of ether oxygens (including phenoxy) is 2. The van der Waals surface area contributed by atoms with E-state index in [1.54, 1.807) is 14.2 Å². The minimum atomic E-state index is 0.681. The number of hydrogen-bond donors (Lipinski definition) is 1. The maximum absolute atomic E-state index is 5.87. The largest absolute Gasteiger partial charge is 0.497 e. The molecule has 1 aromatic heterocycles. The molecule has 20 heavy (non-hydrogen) atoms. The maximum Gasteiger partial charge on any atom is 0.134 e. The van der Waals surface area contributed by atoms with E-state index in [-0.39, 0.29) is 0 Å². The second-order valence-electron chi connectivity index (χ2n) is 5.02. The lowest BCUT2D eigenvalue weighted by molar-refractivity contribution is 0.394. The Kier molecular flexibility index (Phi) is 3.65. The van der Waals surface area contributed by atoms with Crippen LogP contribution in [0.4, 0.5) is 0 Å². The molecule has 1 aliphatic rings. The minimum absolute atomic E-state index is 0.681. The highest BCUT2D eigenvalue weighted by molar-refractivity contribution is 5.62. The van der Waals surface area contributed by atoms with Crippen molar-refractivity contribution in [2.45, 2.75) is 25.4 Å². The first-order valence-electron chi connectivity index (χ1n) is 6.84. The summed E-state index contributed by atoms with van der Waals surface area (Å²) in [4.78, 5) is 0. The predicted octanol–water partition coefficient (Wildman–Crippen LogP) is 3.22. The zero-order chi connectivity index (χ0) is 13.9. The Hall–Kier alpha value is -1.94. The lowest BCUT2D eigenvalue weighted by Crippen LogP contribution is -2.14. The molecule has 1 saturated carbocycles. The van der Waals surface area contributed by atoms with Gasteiger partial charge in [-0.2, -0.15) is 0 Å². The highest BCUT2D eigenvalue weighted by atomic mass is 16.5. The molecule has 4 heteroatoms. The third-order valence-corrected chi connectivity index (χ3v) is 3.44. The predicted molar refractivity (Wildman–Crippen MR) is 77.1 cm³/mol. The number of rotatable bonds is 6. The van der Waals surface area contributed by atoms with Crippen molar-refractivity contribution in [3.63, 3.8) is 0 Å². The average molecular weight is 273 g/mol. The number of furan rings is 1. The summed E-state index contributed by atoms with van der Waals surface area (Å²) in [7, 11) is 3.29. The second-order valence-corrected chi connectivity index (χ2v) is 5.02. The Morgan fingerprint density at radius 1 is 1.10 bits per heavy atom. The van der Waals surface area contributed by atoms with Gasteiger partial charge in [0.1, 0.15) is 23.0 Å². The van der Waals surface area contributed by atoms with Crippen molar-refractivity contribution in [2.24, 2.45) is 0 Å². The van der Waals surface area contributed by atoms with Crippen LogP contribution < -0.4 is 14.8 Å². The molecule has 1 heterocycles. The standard InChI is InChI=1S/C16H19NO3/c1-18-14-7-11(8-15(9-14)19-2)16-6-5-13(20-16)10-17-12-3-4-12/h5-9,12,17H,3-4,10H2,1-2H3. The Morgan fingerprint density at radius 2 is 1.80 bits per heavy atom. The molecule has 0 spiro atoms. The first-order valence-corrected chi connectivity index (χ1v) is 6.84. The molecule has 0 amide bonds. The van der Waals surface area contributed by atoms with Gasteiger partial charge in [-0.1, -0.05) is 0 Å². The van der Waals surface area contributed by atoms with Gasteiger partial charge < -0.3 is 19.2 Å². The van der Waals surface area contributed by atoms with Gasteiger partial charge in [-0.15, -0.1) is 0 Å². The molecule has 0 aliphatic heterocycles. The number of benzene rings is 1. The van der Waals surface area contributed by atoms with E-state index in [1.807, 2.05) is 30.3 Å². The van der Waals surface area contributed by atoms with E-state index in [0.29, 0.717) is 6.04 Å². The molecule has 1 aromatic carbocycles. The zero-order valence-electron chi connectivity index (χ0n) is 11.8. The van der Waals surface area contributed by atoms with Gasteiger partial charge in [0.15, 0.2) is 0 Å². The van der Waals surface area contributed by atoms with Gasteiger partial charge in [0, 0.05) is 17.7 Å². The lowest BCUT2D eigenvalue weighted by Gasteiger charge is -2.07. The van der Waals surface area contributed by atoms with Crippen LogP contribution in [-0.2, 0) is 6.54 Å². The van der Waals surface area contributed by atoms with E-state index in [0.717, 1.165) is 35.1 Å². The second kappa shape index (κ2) is 5.59. The Morgan fingerprint density at radius 3 is 2.40 bits per heavy atom. The van der Waals surface area contributed by atoms with E-state index < -0.39 is 0 Å². The highest BCUT2D eigenvalue weighted by Crippen LogP contribution is 2.31. The molecule has 1 aliphatic carbocycles. The summed E-state index contributed by atoms with van der Waals surface area (Å²) in [6, 6.07) is 10.4. The van der Waals surface area contributed by atoms with Crippen LogP contribution in [0.1, 0.15) is 18.6 Å². The van der Waals surface area contributed by atoms with Crippen LogP contribution in [0.15, 0.2) is 34.7 Å². The van der Waals surface area contributed by atoms with Crippen molar-refractivity contribution in [1.82, 2.24) is 5.32 Å². The van der Waals surface area contributed by atoms with E-state index in [1.165, 1.54) is 12.8 Å². The number of methoxy groups -OCH3 is 2. The van der Waals surface area contributed by atoms with Gasteiger partial charge in [-0.3, -0.25) is 0 Å². The van der Waals surface area contributed by atoms with Gasteiger partial charge in [0.05, 0.1) is 20.8 Å². The molecular formula is C16H19NO3. The van der Waals surface area contributed by atoms with Crippen molar-refractivity contribution >= 4 is 0 Å². The van der Waals surface area contributed by atoms with Crippen molar-refractivity contribution in [3.05, 3.63) is 36.1 Å². The van der Waals surface area contributed by atoms with Crippen molar-refractivity contribution in [3.8, 4) is 22.8 Å². The molecule has 0 radical (unpaired) electrons. The first kappa shape index (κ1) is 13.1. The molecule has 2 aromatic rings. The minimum Gasteiger partial charge on any atom is -0.497 e. The maximum atomic E-state index is 5.87. The topological polar surface area (TPSA) is 43.6 Å². The summed E-state index contributed by atoms with van der Waals surface area (Å²) >= 11 is 0. The van der Waals surface area contributed by atoms with Gasteiger partial charge in [0.25, 0.3) is 0 Å². The molecule has 1 N–H and O–H groups in total. The molecule has 0 atom stereocenters. The van der Waals surface area contributed by atoms with Crippen molar-refractivity contribution in [1.29, 1.82) is 0 Å². The summed E-state index contributed by atoms with van der Waals surface area (Å²) < 4.78 is 16.4. The third-order valence-electron chi connectivity index (χ3n) is 3.44. The summed E-state index contributed by atoms with van der Waals surface area (Å²) in [6.07, 6.45) is 2.56.